The largest absolute Gasteiger partial charge is 0.265 e. The third-order valence-corrected chi connectivity index (χ3v) is 4.72. The van der Waals surface area contributed by atoms with Gasteiger partial charge in [0.15, 0.2) is 0 Å². The number of hydrogen-bond donors (Lipinski definition) is 0. The molecule has 1 aromatic rings. The van der Waals surface area contributed by atoms with Gasteiger partial charge in [0, 0.05) is 25.5 Å². The lowest BCUT2D eigenvalue weighted by Gasteiger charge is -2.21. The summed E-state index contributed by atoms with van der Waals surface area (Å²) >= 11 is 0. The Hall–Kier alpha value is -0.940. The summed E-state index contributed by atoms with van der Waals surface area (Å²) < 4.78 is 26.5. The Labute approximate surface area is 110 Å². The van der Waals surface area contributed by atoms with Gasteiger partial charge in [0.1, 0.15) is 0 Å². The van der Waals surface area contributed by atoms with Gasteiger partial charge in [-0.2, -0.15) is 4.31 Å². The Kier molecular flexibility index (Phi) is 6.29. The van der Waals surface area contributed by atoms with Gasteiger partial charge in [-0.3, -0.25) is 4.98 Å². The van der Waals surface area contributed by atoms with Gasteiger partial charge in [0.05, 0.1) is 4.90 Å². The molecule has 0 saturated carbocycles. The van der Waals surface area contributed by atoms with Gasteiger partial charge in [-0.05, 0) is 25.0 Å². The van der Waals surface area contributed by atoms with Gasteiger partial charge >= 0.3 is 0 Å². The van der Waals surface area contributed by atoms with Crippen molar-refractivity contribution in [3.05, 3.63) is 24.5 Å². The molecule has 0 saturated heterocycles. The van der Waals surface area contributed by atoms with Crippen molar-refractivity contribution in [2.45, 2.75) is 44.4 Å². The van der Waals surface area contributed by atoms with E-state index in [2.05, 4.69) is 18.8 Å². The fourth-order valence-electron chi connectivity index (χ4n) is 1.68. The topological polar surface area (TPSA) is 50.3 Å². The van der Waals surface area contributed by atoms with Crippen molar-refractivity contribution in [3.63, 3.8) is 0 Å². The van der Waals surface area contributed by atoms with E-state index in [4.69, 9.17) is 0 Å². The minimum atomic E-state index is -3.35. The molecule has 0 bridgehead atoms. The molecule has 0 fully saturated rings. The number of hydrogen-bond acceptors (Lipinski definition) is 3. The molecule has 1 rings (SSSR count). The highest BCUT2D eigenvalue weighted by Gasteiger charge is 2.22. The zero-order chi connectivity index (χ0) is 13.4. The molecule has 0 aliphatic carbocycles. The molecule has 0 aliphatic heterocycles. The normalized spacial score (nSPS) is 11.9. The number of unbranched alkanes of at least 4 members (excludes halogenated alkanes) is 2. The monoisotopic (exact) mass is 270 g/mol. The molecule has 0 aromatic carbocycles. The van der Waals surface area contributed by atoms with Crippen molar-refractivity contribution in [1.29, 1.82) is 0 Å². The summed E-state index contributed by atoms with van der Waals surface area (Å²) in [6, 6.07) is 3.11. The van der Waals surface area contributed by atoms with Crippen LogP contribution in [0.15, 0.2) is 29.4 Å². The molecular formula is C13H22N2O2S. The molecule has 1 heterocycles. The zero-order valence-electron chi connectivity index (χ0n) is 11.2. The SMILES string of the molecule is CCCCN(CCCC)S(=O)(=O)c1ccncc1. The van der Waals surface area contributed by atoms with Crippen LogP contribution in [-0.2, 0) is 10.0 Å². The van der Waals surface area contributed by atoms with Crippen LogP contribution in [0.4, 0.5) is 0 Å². The Morgan fingerprint density at radius 1 is 1.06 bits per heavy atom. The lowest BCUT2D eigenvalue weighted by atomic mass is 10.3. The van der Waals surface area contributed by atoms with Gasteiger partial charge < -0.3 is 0 Å². The molecule has 0 amide bonds. The summed E-state index contributed by atoms with van der Waals surface area (Å²) in [4.78, 5) is 4.20. The number of rotatable bonds is 8. The van der Waals surface area contributed by atoms with Gasteiger partial charge in [-0.1, -0.05) is 26.7 Å². The summed E-state index contributed by atoms with van der Waals surface area (Å²) in [6.07, 6.45) is 6.82. The van der Waals surface area contributed by atoms with Crippen LogP contribution in [0.5, 0.6) is 0 Å². The average molecular weight is 270 g/mol. The smallest absolute Gasteiger partial charge is 0.243 e. The number of aromatic nitrogens is 1. The highest BCUT2D eigenvalue weighted by Crippen LogP contribution is 2.16. The minimum absolute atomic E-state index is 0.338. The third-order valence-electron chi connectivity index (χ3n) is 2.81. The summed E-state index contributed by atoms with van der Waals surface area (Å²) in [5, 5.41) is 0. The molecular weight excluding hydrogens is 248 g/mol. The first-order valence-corrected chi connectivity index (χ1v) is 7.97. The number of pyridine rings is 1. The molecule has 0 N–H and O–H groups in total. The molecule has 5 heteroatoms. The van der Waals surface area contributed by atoms with Crippen LogP contribution in [0.3, 0.4) is 0 Å². The molecule has 18 heavy (non-hydrogen) atoms. The van der Waals surface area contributed by atoms with Crippen LogP contribution in [0.25, 0.3) is 0 Å². The second-order valence-corrected chi connectivity index (χ2v) is 6.23. The summed E-state index contributed by atoms with van der Waals surface area (Å²) in [5.41, 5.74) is 0. The van der Waals surface area contributed by atoms with E-state index in [1.54, 1.807) is 16.4 Å². The molecule has 0 aliphatic rings. The van der Waals surface area contributed by atoms with Gasteiger partial charge in [0.25, 0.3) is 0 Å². The predicted molar refractivity (Wildman–Crippen MR) is 72.8 cm³/mol. The van der Waals surface area contributed by atoms with Crippen molar-refractivity contribution >= 4 is 10.0 Å². The van der Waals surface area contributed by atoms with Crippen molar-refractivity contribution in [2.24, 2.45) is 0 Å². The molecule has 0 spiro atoms. The highest BCUT2D eigenvalue weighted by molar-refractivity contribution is 7.89. The van der Waals surface area contributed by atoms with E-state index in [1.807, 2.05) is 0 Å². The maximum absolute atomic E-state index is 12.4. The van der Waals surface area contributed by atoms with E-state index < -0.39 is 10.0 Å². The molecule has 4 nitrogen and oxygen atoms in total. The Morgan fingerprint density at radius 2 is 1.56 bits per heavy atom. The number of sulfonamides is 1. The Bertz CT molecular complexity index is 424. The van der Waals surface area contributed by atoms with E-state index in [0.29, 0.717) is 18.0 Å². The maximum atomic E-state index is 12.4. The molecule has 102 valence electrons. The van der Waals surface area contributed by atoms with E-state index in [-0.39, 0.29) is 0 Å². The zero-order valence-corrected chi connectivity index (χ0v) is 12.0. The van der Waals surface area contributed by atoms with E-state index in [0.717, 1.165) is 25.7 Å². The number of nitrogens with zero attached hydrogens (tertiary/aromatic N) is 2. The first-order valence-electron chi connectivity index (χ1n) is 6.53. The fourth-order valence-corrected chi connectivity index (χ4v) is 3.18. The lowest BCUT2D eigenvalue weighted by molar-refractivity contribution is 0.395. The summed E-state index contributed by atoms with van der Waals surface area (Å²) in [6.45, 7) is 5.33. The second kappa shape index (κ2) is 7.48. The van der Waals surface area contributed by atoms with Crippen molar-refractivity contribution in [2.75, 3.05) is 13.1 Å². The van der Waals surface area contributed by atoms with Crippen LogP contribution in [0.1, 0.15) is 39.5 Å². The maximum Gasteiger partial charge on any atom is 0.243 e. The molecule has 1 aromatic heterocycles. The lowest BCUT2D eigenvalue weighted by Crippen LogP contribution is -2.33. The van der Waals surface area contributed by atoms with Crippen LogP contribution in [0, 0.1) is 0 Å². The van der Waals surface area contributed by atoms with Crippen molar-refractivity contribution in [1.82, 2.24) is 9.29 Å². The summed E-state index contributed by atoms with van der Waals surface area (Å²) in [5.74, 6) is 0. The van der Waals surface area contributed by atoms with Gasteiger partial charge in [-0.15, -0.1) is 0 Å². The van der Waals surface area contributed by atoms with Crippen molar-refractivity contribution < 1.29 is 8.42 Å². The molecule has 0 unspecified atom stereocenters. The first-order chi connectivity index (χ1) is 8.62. The Morgan fingerprint density at radius 3 is 2.00 bits per heavy atom. The average Bonchev–Trinajstić information content (AvgIpc) is 2.39. The fraction of sp³-hybridized carbons (Fsp3) is 0.615. The minimum Gasteiger partial charge on any atom is -0.265 e. The molecule has 0 atom stereocenters. The van der Waals surface area contributed by atoms with Crippen LogP contribution in [0.2, 0.25) is 0 Å². The van der Waals surface area contributed by atoms with E-state index >= 15 is 0 Å². The van der Waals surface area contributed by atoms with Crippen LogP contribution < -0.4 is 0 Å². The van der Waals surface area contributed by atoms with Crippen LogP contribution in [-0.4, -0.2) is 30.8 Å². The van der Waals surface area contributed by atoms with E-state index in [9.17, 15) is 8.42 Å². The van der Waals surface area contributed by atoms with Crippen molar-refractivity contribution in [3.8, 4) is 0 Å². The van der Waals surface area contributed by atoms with Gasteiger partial charge in [0.2, 0.25) is 10.0 Å². The molecule has 0 radical (unpaired) electrons. The standard InChI is InChI=1S/C13H22N2O2S/c1-3-5-11-15(12-6-4-2)18(16,17)13-7-9-14-10-8-13/h7-10H,3-6,11-12H2,1-2H3. The highest BCUT2D eigenvalue weighted by atomic mass is 32.2. The van der Waals surface area contributed by atoms with E-state index in [1.165, 1.54) is 12.4 Å². The second-order valence-electron chi connectivity index (χ2n) is 4.29. The third kappa shape index (κ3) is 4.07. The Balaban J connectivity index is 2.88. The predicted octanol–water partition coefficient (Wildman–Crippen LogP) is 2.67. The quantitative estimate of drug-likeness (QED) is 0.729. The van der Waals surface area contributed by atoms with Gasteiger partial charge in [-0.25, -0.2) is 8.42 Å². The van der Waals surface area contributed by atoms with Crippen LogP contribution >= 0.6 is 0 Å². The first kappa shape index (κ1) is 15.1. The summed E-state index contributed by atoms with van der Waals surface area (Å²) in [7, 11) is -3.35.